The average Bonchev–Trinajstić information content (AvgIpc) is 1.88. The number of hydrogen-bond acceptors (Lipinski definition) is 4. The molecule has 0 saturated carbocycles. The molecule has 0 bridgehead atoms. The van der Waals surface area contributed by atoms with E-state index in [0.29, 0.717) is 0 Å². The van der Waals surface area contributed by atoms with E-state index in [4.69, 9.17) is 4.74 Å². The maximum atomic E-state index is 10.6. The molecule has 0 radical (unpaired) electrons. The first-order valence-corrected chi connectivity index (χ1v) is 3.21. The molecule has 0 amide bonds. The molecular weight excluding hydrogens is 134 g/mol. The van der Waals surface area contributed by atoms with Crippen LogP contribution in [0.5, 0.6) is 0 Å². The highest BCUT2D eigenvalue weighted by Crippen LogP contribution is 1.95. The van der Waals surface area contributed by atoms with Gasteiger partial charge in [-0.05, 0) is 13.3 Å². The van der Waals surface area contributed by atoms with E-state index in [1.54, 1.807) is 0 Å². The van der Waals surface area contributed by atoms with Crippen molar-refractivity contribution >= 4 is 5.97 Å². The topological polar surface area (TPSA) is 61.5 Å². The largest absolute Gasteiger partial charge is 0.461 e. The number of nitrogens with two attached hydrogens (primary N) is 1. The highest BCUT2D eigenvalue weighted by molar-refractivity contribution is 5.70. The van der Waals surface area contributed by atoms with E-state index in [0.717, 1.165) is 6.42 Å². The maximum absolute atomic E-state index is 10.6. The fraction of sp³-hybridized carbons (Fsp3) is 0.833. The van der Waals surface area contributed by atoms with Crippen molar-refractivity contribution in [2.45, 2.75) is 26.4 Å². The van der Waals surface area contributed by atoms with Crippen molar-refractivity contribution < 1.29 is 14.4 Å². The summed E-state index contributed by atoms with van der Waals surface area (Å²) in [6.45, 7) is 3.57. The molecule has 0 rings (SSSR count). The third-order valence-electron chi connectivity index (χ3n) is 1.11. The highest BCUT2D eigenvalue weighted by atomic mass is 16.6. The minimum Gasteiger partial charge on any atom is -0.461 e. The number of carbonyl (C=O) groups is 1. The molecule has 0 aromatic rings. The van der Waals surface area contributed by atoms with Crippen molar-refractivity contribution in [3.8, 4) is 0 Å². The minimum atomic E-state index is -0.420. The number of ether oxygens (including phenoxy) is 1. The second kappa shape index (κ2) is 5.20. The Morgan fingerprint density at radius 3 is 2.70 bits per heavy atom. The van der Waals surface area contributed by atoms with Gasteiger partial charge in [0, 0.05) is 0 Å². The Morgan fingerprint density at radius 2 is 2.30 bits per heavy atom. The Hall–Kier alpha value is -0.610. The van der Waals surface area contributed by atoms with Crippen LogP contribution < -0.4 is 5.90 Å². The fourth-order valence-corrected chi connectivity index (χ4v) is 0.410. The standard InChI is InChI=1S/C6H13NO3/c1-3-5(2)10-6(8)4-9-7/h5H,3-4,7H2,1-2H3. The quantitative estimate of drug-likeness (QED) is 0.456. The van der Waals surface area contributed by atoms with E-state index in [1.165, 1.54) is 0 Å². The first kappa shape index (κ1) is 9.39. The highest BCUT2D eigenvalue weighted by Gasteiger charge is 2.05. The second-order valence-electron chi connectivity index (χ2n) is 2.02. The minimum absolute atomic E-state index is 0.0531. The average molecular weight is 147 g/mol. The monoisotopic (exact) mass is 147 g/mol. The number of rotatable bonds is 4. The molecule has 0 fully saturated rings. The molecule has 0 heterocycles. The summed E-state index contributed by atoms with van der Waals surface area (Å²) < 4.78 is 4.80. The van der Waals surface area contributed by atoms with Gasteiger partial charge in [0.05, 0.1) is 6.10 Å². The molecule has 4 heteroatoms. The van der Waals surface area contributed by atoms with Crippen molar-refractivity contribution in [2.24, 2.45) is 5.90 Å². The lowest BCUT2D eigenvalue weighted by Gasteiger charge is -2.08. The zero-order valence-corrected chi connectivity index (χ0v) is 6.29. The molecule has 0 aliphatic carbocycles. The summed E-state index contributed by atoms with van der Waals surface area (Å²) in [5.74, 6) is 4.23. The van der Waals surface area contributed by atoms with Crippen LogP contribution in [0, 0.1) is 0 Å². The smallest absolute Gasteiger partial charge is 0.334 e. The summed E-state index contributed by atoms with van der Waals surface area (Å²) in [6.07, 6.45) is 0.749. The first-order chi connectivity index (χ1) is 4.70. The van der Waals surface area contributed by atoms with E-state index in [2.05, 4.69) is 10.7 Å². The summed E-state index contributed by atoms with van der Waals surface area (Å²) in [5.41, 5.74) is 0. The van der Waals surface area contributed by atoms with Crippen LogP contribution in [-0.2, 0) is 14.4 Å². The fourth-order valence-electron chi connectivity index (χ4n) is 0.410. The summed E-state index contributed by atoms with van der Waals surface area (Å²) in [7, 11) is 0. The second-order valence-corrected chi connectivity index (χ2v) is 2.02. The van der Waals surface area contributed by atoms with Crippen LogP contribution in [-0.4, -0.2) is 18.7 Å². The van der Waals surface area contributed by atoms with Crippen molar-refractivity contribution in [2.75, 3.05) is 6.61 Å². The molecule has 0 aromatic carbocycles. The van der Waals surface area contributed by atoms with Crippen molar-refractivity contribution in [3.63, 3.8) is 0 Å². The van der Waals surface area contributed by atoms with Gasteiger partial charge in [0.25, 0.3) is 0 Å². The normalized spacial score (nSPS) is 12.7. The molecule has 1 atom stereocenters. The van der Waals surface area contributed by atoms with Gasteiger partial charge in [0.1, 0.15) is 0 Å². The Morgan fingerprint density at radius 1 is 1.70 bits per heavy atom. The van der Waals surface area contributed by atoms with Gasteiger partial charge >= 0.3 is 5.97 Å². The molecule has 2 N–H and O–H groups in total. The lowest BCUT2D eigenvalue weighted by Crippen LogP contribution is -2.20. The molecule has 0 aromatic heterocycles. The lowest BCUT2D eigenvalue weighted by molar-refractivity contribution is -0.153. The molecule has 0 aliphatic rings. The molecular formula is C6H13NO3. The van der Waals surface area contributed by atoms with Gasteiger partial charge in [-0.1, -0.05) is 6.92 Å². The molecule has 1 unspecified atom stereocenters. The third-order valence-corrected chi connectivity index (χ3v) is 1.11. The van der Waals surface area contributed by atoms with Gasteiger partial charge in [-0.3, -0.25) is 4.84 Å². The van der Waals surface area contributed by atoms with Crippen LogP contribution in [0.1, 0.15) is 20.3 Å². The summed E-state index contributed by atoms with van der Waals surface area (Å²) in [5, 5.41) is 0. The van der Waals surface area contributed by atoms with Crippen LogP contribution in [0.4, 0.5) is 0 Å². The van der Waals surface area contributed by atoms with Crippen molar-refractivity contribution in [1.82, 2.24) is 0 Å². The van der Waals surface area contributed by atoms with Crippen LogP contribution in [0.3, 0.4) is 0 Å². The van der Waals surface area contributed by atoms with E-state index in [9.17, 15) is 4.79 Å². The van der Waals surface area contributed by atoms with Gasteiger partial charge < -0.3 is 4.74 Å². The summed E-state index contributed by atoms with van der Waals surface area (Å²) in [4.78, 5) is 14.7. The lowest BCUT2D eigenvalue weighted by atomic mass is 10.3. The Labute approximate surface area is 60.2 Å². The van der Waals surface area contributed by atoms with Gasteiger partial charge in [0.15, 0.2) is 6.61 Å². The third kappa shape index (κ3) is 4.29. The van der Waals surface area contributed by atoms with E-state index in [-0.39, 0.29) is 12.7 Å². The Kier molecular flexibility index (Phi) is 4.88. The van der Waals surface area contributed by atoms with Gasteiger partial charge in [-0.15, -0.1) is 0 Å². The van der Waals surface area contributed by atoms with E-state index < -0.39 is 5.97 Å². The number of esters is 1. The number of carbonyl (C=O) groups excluding carboxylic acids is 1. The van der Waals surface area contributed by atoms with E-state index >= 15 is 0 Å². The van der Waals surface area contributed by atoms with Crippen LogP contribution in [0.15, 0.2) is 0 Å². The first-order valence-electron chi connectivity index (χ1n) is 3.21. The summed E-state index contributed by atoms with van der Waals surface area (Å²) >= 11 is 0. The molecule has 10 heavy (non-hydrogen) atoms. The predicted octanol–water partition coefficient (Wildman–Crippen LogP) is 0.218. The maximum Gasteiger partial charge on any atom is 0.334 e. The summed E-state index contributed by atoms with van der Waals surface area (Å²) in [6, 6.07) is 0. The zero-order valence-electron chi connectivity index (χ0n) is 6.29. The van der Waals surface area contributed by atoms with Gasteiger partial charge in [-0.25, -0.2) is 10.7 Å². The Balaban J connectivity index is 3.37. The number of hydrogen-bond donors (Lipinski definition) is 1. The van der Waals surface area contributed by atoms with Gasteiger partial charge in [-0.2, -0.15) is 0 Å². The predicted molar refractivity (Wildman–Crippen MR) is 36.0 cm³/mol. The van der Waals surface area contributed by atoms with Crippen LogP contribution in [0.25, 0.3) is 0 Å². The zero-order chi connectivity index (χ0) is 7.98. The van der Waals surface area contributed by atoms with Crippen LogP contribution in [0.2, 0.25) is 0 Å². The van der Waals surface area contributed by atoms with E-state index in [1.807, 2.05) is 13.8 Å². The molecule has 0 aliphatic heterocycles. The molecule has 60 valence electrons. The molecule has 0 saturated heterocycles. The van der Waals surface area contributed by atoms with Crippen LogP contribution >= 0.6 is 0 Å². The van der Waals surface area contributed by atoms with Gasteiger partial charge in [0.2, 0.25) is 0 Å². The van der Waals surface area contributed by atoms with Crippen molar-refractivity contribution in [1.29, 1.82) is 0 Å². The Bertz CT molecular complexity index is 105. The van der Waals surface area contributed by atoms with Crippen molar-refractivity contribution in [3.05, 3.63) is 0 Å². The SMILES string of the molecule is CCC(C)OC(=O)CON. The molecule has 4 nitrogen and oxygen atoms in total. The molecule has 0 spiro atoms.